The van der Waals surface area contributed by atoms with E-state index in [0.717, 1.165) is 38.8 Å². The Morgan fingerprint density at radius 3 is 2.56 bits per heavy atom. The van der Waals surface area contributed by atoms with E-state index in [1.54, 1.807) is 30.3 Å². The Labute approximate surface area is 155 Å². The monoisotopic (exact) mass is 387 g/mol. The lowest BCUT2D eigenvalue weighted by Gasteiger charge is -2.35. The molecule has 2 heterocycles. The van der Waals surface area contributed by atoms with Gasteiger partial charge in [0.2, 0.25) is 15.9 Å². The number of piperidine rings is 2. The van der Waals surface area contributed by atoms with Crippen LogP contribution >= 0.6 is 12.4 Å². The highest BCUT2D eigenvalue weighted by Crippen LogP contribution is 2.25. The van der Waals surface area contributed by atoms with Gasteiger partial charge in [0.1, 0.15) is 6.04 Å². The number of hydrogen-bond donors (Lipinski definition) is 2. The van der Waals surface area contributed by atoms with Crippen LogP contribution < -0.4 is 10.6 Å². The lowest BCUT2D eigenvalue weighted by Crippen LogP contribution is -2.55. The molecule has 1 unspecified atom stereocenters. The van der Waals surface area contributed by atoms with E-state index in [9.17, 15) is 13.2 Å². The van der Waals surface area contributed by atoms with Gasteiger partial charge in [-0.1, -0.05) is 24.6 Å². The predicted octanol–water partition coefficient (Wildman–Crippen LogP) is 1.52. The number of rotatable bonds is 4. The quantitative estimate of drug-likeness (QED) is 0.821. The van der Waals surface area contributed by atoms with Crippen molar-refractivity contribution in [3.63, 3.8) is 0 Å². The average Bonchev–Trinajstić information content (AvgIpc) is 2.63. The van der Waals surface area contributed by atoms with Crippen molar-refractivity contribution in [2.75, 3.05) is 19.6 Å². The fourth-order valence-electron chi connectivity index (χ4n) is 3.45. The van der Waals surface area contributed by atoms with Crippen molar-refractivity contribution in [2.24, 2.45) is 0 Å². The van der Waals surface area contributed by atoms with Crippen molar-refractivity contribution in [1.29, 1.82) is 0 Å². The van der Waals surface area contributed by atoms with Crippen LogP contribution in [0.25, 0.3) is 0 Å². The van der Waals surface area contributed by atoms with Crippen molar-refractivity contribution in [2.45, 2.75) is 49.1 Å². The zero-order valence-corrected chi connectivity index (χ0v) is 15.8. The van der Waals surface area contributed by atoms with Crippen LogP contribution in [0.3, 0.4) is 0 Å². The highest BCUT2D eigenvalue weighted by Gasteiger charge is 2.38. The van der Waals surface area contributed by atoms with Gasteiger partial charge in [0.15, 0.2) is 0 Å². The number of benzene rings is 1. The van der Waals surface area contributed by atoms with E-state index in [-0.39, 0.29) is 29.3 Å². The topological polar surface area (TPSA) is 78.5 Å². The number of sulfonamides is 1. The van der Waals surface area contributed by atoms with Crippen LogP contribution in [0.1, 0.15) is 32.1 Å². The summed E-state index contributed by atoms with van der Waals surface area (Å²) in [5.41, 5.74) is 0. The molecule has 0 aliphatic carbocycles. The van der Waals surface area contributed by atoms with E-state index in [1.165, 1.54) is 4.31 Å². The van der Waals surface area contributed by atoms with Crippen LogP contribution in [0.15, 0.2) is 35.2 Å². The third kappa shape index (κ3) is 4.73. The van der Waals surface area contributed by atoms with Crippen molar-refractivity contribution in [3.8, 4) is 0 Å². The standard InChI is InChI=1S/C17H25N3O3S.ClH/c21-17(19-14-7-6-11-18-13-14)16-10-4-5-12-20(16)24(22,23)15-8-2-1-3-9-15;/h1-3,8-9,14,16,18H,4-7,10-13H2,(H,19,21);1H/t14-,16?;/m0./s1. The van der Waals surface area contributed by atoms with Gasteiger partial charge in [-0.3, -0.25) is 4.79 Å². The summed E-state index contributed by atoms with van der Waals surface area (Å²) in [6, 6.07) is 7.86. The van der Waals surface area contributed by atoms with E-state index < -0.39 is 16.1 Å². The molecule has 2 atom stereocenters. The summed E-state index contributed by atoms with van der Waals surface area (Å²) in [7, 11) is -3.64. The van der Waals surface area contributed by atoms with Crippen molar-refractivity contribution in [1.82, 2.24) is 14.9 Å². The summed E-state index contributed by atoms with van der Waals surface area (Å²) in [4.78, 5) is 13.0. The molecule has 0 aromatic heterocycles. The Morgan fingerprint density at radius 1 is 1.12 bits per heavy atom. The second kappa shape index (κ2) is 8.98. The number of nitrogens with one attached hydrogen (secondary N) is 2. The predicted molar refractivity (Wildman–Crippen MR) is 99.3 cm³/mol. The smallest absolute Gasteiger partial charge is 0.243 e. The summed E-state index contributed by atoms with van der Waals surface area (Å²) < 4.78 is 27.2. The highest BCUT2D eigenvalue weighted by molar-refractivity contribution is 7.89. The molecule has 2 aliphatic rings. The molecule has 140 valence electrons. The van der Waals surface area contributed by atoms with Crippen LogP contribution in [0.5, 0.6) is 0 Å². The molecular formula is C17H26ClN3O3S. The Morgan fingerprint density at radius 2 is 1.88 bits per heavy atom. The molecule has 3 rings (SSSR count). The minimum Gasteiger partial charge on any atom is -0.351 e. The number of nitrogens with zero attached hydrogens (tertiary/aromatic N) is 1. The summed E-state index contributed by atoms with van der Waals surface area (Å²) in [6.07, 6.45) is 4.22. The van der Waals surface area contributed by atoms with Gasteiger partial charge in [-0.15, -0.1) is 12.4 Å². The molecule has 2 saturated heterocycles. The lowest BCUT2D eigenvalue weighted by molar-refractivity contribution is -0.126. The molecule has 0 bridgehead atoms. The van der Waals surface area contributed by atoms with Crippen molar-refractivity contribution in [3.05, 3.63) is 30.3 Å². The normalized spacial score (nSPS) is 25.0. The first kappa shape index (κ1) is 20.2. The molecule has 2 aliphatic heterocycles. The van der Waals surface area contributed by atoms with Gasteiger partial charge in [-0.2, -0.15) is 4.31 Å². The third-order valence-electron chi connectivity index (χ3n) is 4.75. The Hall–Kier alpha value is -1.15. The fourth-order valence-corrected chi connectivity index (χ4v) is 5.13. The summed E-state index contributed by atoms with van der Waals surface area (Å²) >= 11 is 0. The first-order valence-corrected chi connectivity index (χ1v) is 10.1. The van der Waals surface area contributed by atoms with E-state index in [1.807, 2.05) is 0 Å². The molecule has 1 aromatic rings. The SMILES string of the molecule is Cl.O=C(N[C@H]1CCCNC1)C1CCCCN1S(=O)(=O)c1ccccc1. The Balaban J connectivity index is 0.00000225. The number of halogens is 1. The molecule has 1 aromatic carbocycles. The van der Waals surface area contributed by atoms with Gasteiger partial charge in [0.05, 0.1) is 4.90 Å². The zero-order valence-electron chi connectivity index (χ0n) is 14.2. The first-order valence-electron chi connectivity index (χ1n) is 8.67. The molecule has 0 spiro atoms. The second-order valence-corrected chi connectivity index (χ2v) is 8.38. The minimum absolute atomic E-state index is 0. The van der Waals surface area contributed by atoms with E-state index in [0.29, 0.717) is 13.0 Å². The van der Waals surface area contributed by atoms with Gasteiger partial charge < -0.3 is 10.6 Å². The lowest BCUT2D eigenvalue weighted by atomic mass is 10.0. The molecule has 2 N–H and O–H groups in total. The minimum atomic E-state index is -3.64. The van der Waals surface area contributed by atoms with E-state index in [4.69, 9.17) is 0 Å². The van der Waals surface area contributed by atoms with Crippen LogP contribution in [0.2, 0.25) is 0 Å². The van der Waals surface area contributed by atoms with Gasteiger partial charge in [-0.25, -0.2) is 8.42 Å². The Bertz CT molecular complexity index is 663. The van der Waals surface area contributed by atoms with Crippen LogP contribution in [0.4, 0.5) is 0 Å². The van der Waals surface area contributed by atoms with Gasteiger partial charge in [0, 0.05) is 19.1 Å². The molecule has 25 heavy (non-hydrogen) atoms. The zero-order chi connectivity index (χ0) is 17.0. The molecule has 2 fully saturated rings. The number of carbonyl (C=O) groups is 1. The van der Waals surface area contributed by atoms with E-state index in [2.05, 4.69) is 10.6 Å². The van der Waals surface area contributed by atoms with Crippen LogP contribution in [0, 0.1) is 0 Å². The maximum absolute atomic E-state index is 12.9. The van der Waals surface area contributed by atoms with Crippen molar-refractivity contribution >= 4 is 28.3 Å². The molecule has 1 amide bonds. The summed E-state index contributed by atoms with van der Waals surface area (Å²) in [5, 5.41) is 6.30. The van der Waals surface area contributed by atoms with Gasteiger partial charge in [-0.05, 0) is 44.4 Å². The summed E-state index contributed by atoms with van der Waals surface area (Å²) in [5.74, 6) is -0.164. The van der Waals surface area contributed by atoms with E-state index >= 15 is 0 Å². The van der Waals surface area contributed by atoms with Crippen molar-refractivity contribution < 1.29 is 13.2 Å². The van der Waals surface area contributed by atoms with Gasteiger partial charge in [0.25, 0.3) is 0 Å². The molecule has 0 saturated carbocycles. The maximum Gasteiger partial charge on any atom is 0.243 e. The molecule has 6 nitrogen and oxygen atoms in total. The summed E-state index contributed by atoms with van der Waals surface area (Å²) in [6.45, 7) is 2.13. The Kier molecular flexibility index (Phi) is 7.25. The molecule has 0 radical (unpaired) electrons. The van der Waals surface area contributed by atoms with Crippen LogP contribution in [-0.2, 0) is 14.8 Å². The fraction of sp³-hybridized carbons (Fsp3) is 0.588. The first-order chi connectivity index (χ1) is 11.6. The van der Waals surface area contributed by atoms with Gasteiger partial charge >= 0.3 is 0 Å². The number of carbonyl (C=O) groups excluding carboxylic acids is 1. The third-order valence-corrected chi connectivity index (χ3v) is 6.67. The number of amides is 1. The molecule has 8 heteroatoms. The second-order valence-electron chi connectivity index (χ2n) is 6.49. The number of hydrogen-bond acceptors (Lipinski definition) is 4. The largest absolute Gasteiger partial charge is 0.351 e. The van der Waals surface area contributed by atoms with Crippen LogP contribution in [-0.4, -0.2) is 50.3 Å². The highest BCUT2D eigenvalue weighted by atomic mass is 35.5. The molecular weight excluding hydrogens is 362 g/mol. The average molecular weight is 388 g/mol. The maximum atomic E-state index is 12.9.